The number of imide groups is 1. The number of hydrogen-bond donors (Lipinski definition) is 0. The Labute approximate surface area is 195 Å². The zero-order valence-corrected chi connectivity index (χ0v) is 19.4. The van der Waals surface area contributed by atoms with Gasteiger partial charge in [0.2, 0.25) is 0 Å². The van der Waals surface area contributed by atoms with Crippen LogP contribution >= 0.6 is 27.7 Å². The fourth-order valence-corrected chi connectivity index (χ4v) is 4.14. The second-order valence-electron chi connectivity index (χ2n) is 6.45. The largest absolute Gasteiger partial charge is 0.493 e. The van der Waals surface area contributed by atoms with Crippen LogP contribution in [-0.2, 0) is 4.79 Å². The smallest absolute Gasteiger partial charge is 0.293 e. The van der Waals surface area contributed by atoms with E-state index in [1.165, 1.54) is 37.5 Å². The standard InChI is InChI=1S/C21H17BrN2O7S/c1-3-31-18-10-15(22)13(8-17(18)30-2)9-19-20(26)23(21(27)32-19)11-16(25)12-4-6-14(7-5-12)24(28)29/h4-10H,3,11H2,1-2H3/b19-9-. The lowest BCUT2D eigenvalue weighted by Gasteiger charge is -2.12. The molecule has 0 unspecified atom stereocenters. The van der Waals surface area contributed by atoms with E-state index in [9.17, 15) is 24.5 Å². The highest BCUT2D eigenvalue weighted by molar-refractivity contribution is 9.10. The molecule has 0 N–H and O–H groups in total. The Morgan fingerprint density at radius 3 is 2.50 bits per heavy atom. The first-order valence-corrected chi connectivity index (χ1v) is 10.9. The number of halogens is 1. The molecular weight excluding hydrogens is 504 g/mol. The van der Waals surface area contributed by atoms with Gasteiger partial charge in [-0.25, -0.2) is 0 Å². The van der Waals surface area contributed by atoms with Gasteiger partial charge < -0.3 is 9.47 Å². The molecule has 1 heterocycles. The van der Waals surface area contributed by atoms with Gasteiger partial charge in [-0.05, 0) is 54.6 Å². The molecule has 2 aromatic carbocycles. The molecule has 0 radical (unpaired) electrons. The highest BCUT2D eigenvalue weighted by Crippen LogP contribution is 2.38. The van der Waals surface area contributed by atoms with Gasteiger partial charge in [0.15, 0.2) is 17.3 Å². The number of nitrogens with zero attached hydrogens (tertiary/aromatic N) is 2. The van der Waals surface area contributed by atoms with Gasteiger partial charge in [0, 0.05) is 22.2 Å². The van der Waals surface area contributed by atoms with Crippen molar-refractivity contribution in [2.45, 2.75) is 6.92 Å². The molecule has 2 amide bonds. The van der Waals surface area contributed by atoms with E-state index in [0.29, 0.717) is 28.1 Å². The van der Waals surface area contributed by atoms with Crippen LogP contribution in [0.1, 0.15) is 22.8 Å². The van der Waals surface area contributed by atoms with Crippen LogP contribution in [0.5, 0.6) is 11.5 Å². The third kappa shape index (κ3) is 5.00. The summed E-state index contributed by atoms with van der Waals surface area (Å²) in [5.41, 5.74) is 0.599. The van der Waals surface area contributed by atoms with Crippen LogP contribution in [0.2, 0.25) is 0 Å². The Bertz CT molecular complexity index is 1130. The van der Waals surface area contributed by atoms with Crippen molar-refractivity contribution < 1.29 is 28.8 Å². The lowest BCUT2D eigenvalue weighted by atomic mass is 10.1. The maximum atomic E-state index is 12.8. The van der Waals surface area contributed by atoms with Crippen LogP contribution in [0.4, 0.5) is 10.5 Å². The Balaban J connectivity index is 1.80. The van der Waals surface area contributed by atoms with Crippen LogP contribution < -0.4 is 9.47 Å². The number of nitro benzene ring substituents is 1. The Hall–Kier alpha value is -3.18. The van der Waals surface area contributed by atoms with Gasteiger partial charge in [-0.3, -0.25) is 29.4 Å². The summed E-state index contributed by atoms with van der Waals surface area (Å²) in [5.74, 6) is -0.114. The van der Waals surface area contributed by atoms with Crippen molar-refractivity contribution in [3.63, 3.8) is 0 Å². The maximum absolute atomic E-state index is 12.8. The number of Topliss-reactive ketones (excluding diaryl/α,β-unsaturated/α-hetero) is 1. The van der Waals surface area contributed by atoms with Crippen molar-refractivity contribution in [1.29, 1.82) is 0 Å². The van der Waals surface area contributed by atoms with Gasteiger partial charge in [-0.1, -0.05) is 15.9 Å². The summed E-state index contributed by atoms with van der Waals surface area (Å²) >= 11 is 4.14. The van der Waals surface area contributed by atoms with Crippen LogP contribution in [0.3, 0.4) is 0 Å². The molecule has 1 aliphatic heterocycles. The van der Waals surface area contributed by atoms with Gasteiger partial charge in [-0.15, -0.1) is 0 Å². The fourth-order valence-electron chi connectivity index (χ4n) is 2.87. The Morgan fingerprint density at radius 1 is 1.22 bits per heavy atom. The number of carbonyl (C=O) groups is 3. The SMILES string of the molecule is CCOc1cc(Br)c(/C=C2\SC(=O)N(CC(=O)c3ccc([N+](=O)[O-])cc3)C2=O)cc1OC. The fraction of sp³-hybridized carbons (Fsp3) is 0.190. The van der Waals surface area contributed by atoms with E-state index in [0.717, 1.165) is 16.7 Å². The number of amides is 2. The number of ketones is 1. The number of benzene rings is 2. The minimum Gasteiger partial charge on any atom is -0.493 e. The van der Waals surface area contributed by atoms with Gasteiger partial charge in [0.1, 0.15) is 0 Å². The number of rotatable bonds is 8. The molecule has 166 valence electrons. The van der Waals surface area contributed by atoms with Crippen molar-refractivity contribution in [2.75, 3.05) is 20.3 Å². The Kier molecular flexibility index (Phi) is 7.31. The summed E-state index contributed by atoms with van der Waals surface area (Å²) in [7, 11) is 1.49. The average Bonchev–Trinajstić information content (AvgIpc) is 3.03. The van der Waals surface area contributed by atoms with Gasteiger partial charge in [-0.2, -0.15) is 0 Å². The van der Waals surface area contributed by atoms with E-state index in [4.69, 9.17) is 9.47 Å². The zero-order valence-electron chi connectivity index (χ0n) is 17.0. The average molecular weight is 521 g/mol. The first-order chi connectivity index (χ1) is 15.2. The predicted octanol–water partition coefficient (Wildman–Crippen LogP) is 4.68. The predicted molar refractivity (Wildman–Crippen MR) is 122 cm³/mol. The summed E-state index contributed by atoms with van der Waals surface area (Å²) in [6.07, 6.45) is 1.53. The summed E-state index contributed by atoms with van der Waals surface area (Å²) in [4.78, 5) is 48.8. The van der Waals surface area contributed by atoms with E-state index in [2.05, 4.69) is 15.9 Å². The van der Waals surface area contributed by atoms with Crippen LogP contribution in [0, 0.1) is 10.1 Å². The Morgan fingerprint density at radius 2 is 1.91 bits per heavy atom. The minimum atomic E-state index is -0.602. The highest BCUT2D eigenvalue weighted by Gasteiger charge is 2.36. The minimum absolute atomic E-state index is 0.151. The molecule has 2 aromatic rings. The molecule has 1 fully saturated rings. The van der Waals surface area contributed by atoms with Crippen LogP contribution in [-0.4, -0.2) is 47.0 Å². The molecule has 32 heavy (non-hydrogen) atoms. The zero-order chi connectivity index (χ0) is 23.4. The second kappa shape index (κ2) is 9.96. The van der Waals surface area contributed by atoms with Crippen LogP contribution in [0.15, 0.2) is 45.8 Å². The highest BCUT2D eigenvalue weighted by atomic mass is 79.9. The first kappa shape index (κ1) is 23.5. The third-order valence-corrected chi connectivity index (χ3v) is 6.04. The van der Waals surface area contributed by atoms with Gasteiger partial charge in [0.05, 0.1) is 30.1 Å². The van der Waals surface area contributed by atoms with E-state index in [-0.39, 0.29) is 16.2 Å². The van der Waals surface area contributed by atoms with Crippen LogP contribution in [0.25, 0.3) is 6.08 Å². The van der Waals surface area contributed by atoms with E-state index in [1.807, 2.05) is 6.92 Å². The number of methoxy groups -OCH3 is 1. The number of nitro groups is 1. The molecule has 0 atom stereocenters. The molecule has 0 bridgehead atoms. The third-order valence-electron chi connectivity index (χ3n) is 4.44. The number of thioether (sulfide) groups is 1. The summed E-state index contributed by atoms with van der Waals surface area (Å²) in [6, 6.07) is 8.34. The molecule has 1 aliphatic rings. The molecule has 9 nitrogen and oxygen atoms in total. The molecule has 0 aliphatic carbocycles. The van der Waals surface area contributed by atoms with E-state index < -0.39 is 28.4 Å². The first-order valence-electron chi connectivity index (χ1n) is 9.28. The number of hydrogen-bond acceptors (Lipinski definition) is 8. The number of non-ortho nitro benzene ring substituents is 1. The van der Waals surface area contributed by atoms with Gasteiger partial charge in [0.25, 0.3) is 16.8 Å². The maximum Gasteiger partial charge on any atom is 0.293 e. The molecule has 1 saturated heterocycles. The lowest BCUT2D eigenvalue weighted by molar-refractivity contribution is -0.384. The number of ether oxygens (including phenoxy) is 2. The summed E-state index contributed by atoms with van der Waals surface area (Å²) in [5, 5.41) is 10.2. The molecule has 0 spiro atoms. The monoisotopic (exact) mass is 520 g/mol. The topological polar surface area (TPSA) is 116 Å². The molecule has 3 rings (SSSR count). The quantitative estimate of drug-likeness (QED) is 0.213. The van der Waals surface area contributed by atoms with Crippen molar-refractivity contribution in [3.05, 3.63) is 67.0 Å². The second-order valence-corrected chi connectivity index (χ2v) is 8.30. The normalized spacial score (nSPS) is 14.7. The number of carbonyl (C=O) groups excluding carboxylic acids is 3. The van der Waals surface area contributed by atoms with Crippen molar-refractivity contribution >= 4 is 56.4 Å². The van der Waals surface area contributed by atoms with E-state index in [1.54, 1.807) is 12.1 Å². The van der Waals surface area contributed by atoms with Crippen molar-refractivity contribution in [2.24, 2.45) is 0 Å². The molecular formula is C21H17BrN2O7S. The van der Waals surface area contributed by atoms with Gasteiger partial charge >= 0.3 is 0 Å². The lowest BCUT2D eigenvalue weighted by Crippen LogP contribution is -2.33. The summed E-state index contributed by atoms with van der Waals surface area (Å²) in [6.45, 7) is 1.83. The summed E-state index contributed by atoms with van der Waals surface area (Å²) < 4.78 is 11.5. The molecule has 0 aromatic heterocycles. The van der Waals surface area contributed by atoms with E-state index >= 15 is 0 Å². The molecule has 0 saturated carbocycles. The van der Waals surface area contributed by atoms with Crippen molar-refractivity contribution in [3.8, 4) is 11.5 Å². The molecule has 11 heteroatoms. The van der Waals surface area contributed by atoms with Crippen molar-refractivity contribution in [1.82, 2.24) is 4.90 Å².